The maximum absolute atomic E-state index is 12.2. The van der Waals surface area contributed by atoms with E-state index in [4.69, 9.17) is 11.5 Å². The number of hydrogen-bond acceptors (Lipinski definition) is 4. The van der Waals surface area contributed by atoms with Gasteiger partial charge in [-0.15, -0.1) is 0 Å². The van der Waals surface area contributed by atoms with Gasteiger partial charge in [0.25, 0.3) is 0 Å². The predicted molar refractivity (Wildman–Crippen MR) is 69.0 cm³/mol. The molecule has 2 rings (SSSR count). The van der Waals surface area contributed by atoms with Gasteiger partial charge in [-0.05, 0) is 5.56 Å². The molecule has 1 aliphatic rings. The molecular weight excluding hydrogens is 252 g/mol. The van der Waals surface area contributed by atoms with Crippen LogP contribution in [-0.2, 0) is 7.05 Å². The van der Waals surface area contributed by atoms with E-state index >= 15 is 0 Å². The molecule has 0 aliphatic carbocycles. The normalized spacial score (nSPS) is 26.2. The SMILES string of the molecule is Cn1cc([C@@H]2CN(CC(N)CC(F)F)C[C@H]2N)cn1. The third-order valence-electron chi connectivity index (χ3n) is 3.57. The van der Waals surface area contributed by atoms with Gasteiger partial charge in [0.05, 0.1) is 6.20 Å². The first-order chi connectivity index (χ1) is 8.95. The Bertz CT molecular complexity index is 409. The van der Waals surface area contributed by atoms with Crippen LogP contribution in [-0.4, -0.2) is 52.8 Å². The van der Waals surface area contributed by atoms with E-state index in [1.165, 1.54) is 0 Å². The molecule has 0 amide bonds. The van der Waals surface area contributed by atoms with Crippen LogP contribution in [0.1, 0.15) is 17.9 Å². The molecule has 7 heteroatoms. The summed E-state index contributed by atoms with van der Waals surface area (Å²) in [5.41, 5.74) is 12.9. The topological polar surface area (TPSA) is 73.1 Å². The van der Waals surface area contributed by atoms with Crippen molar-refractivity contribution in [2.75, 3.05) is 19.6 Å². The number of rotatable bonds is 5. The second-order valence-electron chi connectivity index (χ2n) is 5.32. The van der Waals surface area contributed by atoms with Crippen LogP contribution < -0.4 is 11.5 Å². The first-order valence-corrected chi connectivity index (χ1v) is 6.46. The maximum Gasteiger partial charge on any atom is 0.240 e. The quantitative estimate of drug-likeness (QED) is 0.800. The van der Waals surface area contributed by atoms with Crippen molar-refractivity contribution in [1.29, 1.82) is 0 Å². The van der Waals surface area contributed by atoms with Crippen LogP contribution in [0.5, 0.6) is 0 Å². The molecule has 0 aromatic carbocycles. The fraction of sp³-hybridized carbons (Fsp3) is 0.750. The van der Waals surface area contributed by atoms with Gasteiger partial charge in [-0.3, -0.25) is 9.58 Å². The Balaban J connectivity index is 1.90. The van der Waals surface area contributed by atoms with Crippen molar-refractivity contribution < 1.29 is 8.78 Å². The fourth-order valence-electron chi connectivity index (χ4n) is 2.68. The molecule has 4 N–H and O–H groups in total. The molecule has 0 radical (unpaired) electrons. The molecule has 1 unspecified atom stereocenters. The van der Waals surface area contributed by atoms with Gasteiger partial charge in [-0.2, -0.15) is 5.10 Å². The van der Waals surface area contributed by atoms with Crippen LogP contribution in [0, 0.1) is 0 Å². The molecule has 1 aliphatic heterocycles. The third kappa shape index (κ3) is 3.71. The largest absolute Gasteiger partial charge is 0.326 e. The lowest BCUT2D eigenvalue weighted by Crippen LogP contribution is -2.38. The maximum atomic E-state index is 12.2. The van der Waals surface area contributed by atoms with Crippen LogP contribution in [0.2, 0.25) is 0 Å². The van der Waals surface area contributed by atoms with Gasteiger partial charge in [-0.1, -0.05) is 0 Å². The molecular formula is C12H21F2N5. The van der Waals surface area contributed by atoms with Gasteiger partial charge in [0.1, 0.15) is 0 Å². The van der Waals surface area contributed by atoms with E-state index in [-0.39, 0.29) is 18.4 Å². The standard InChI is InChI=1S/C12H21F2N5/c1-18-4-8(3-17-18)10-6-19(7-11(10)16)5-9(15)2-12(13)14/h3-4,9-12H,2,5-7,15-16H2,1H3/t9?,10-,11+/m0/s1. The molecule has 1 saturated heterocycles. The number of aromatic nitrogens is 2. The minimum Gasteiger partial charge on any atom is -0.326 e. The monoisotopic (exact) mass is 273 g/mol. The van der Waals surface area contributed by atoms with E-state index < -0.39 is 12.5 Å². The van der Waals surface area contributed by atoms with E-state index in [1.807, 2.05) is 19.4 Å². The lowest BCUT2D eigenvalue weighted by Gasteiger charge is -2.20. The van der Waals surface area contributed by atoms with E-state index in [1.54, 1.807) is 4.68 Å². The molecule has 19 heavy (non-hydrogen) atoms. The van der Waals surface area contributed by atoms with Gasteiger partial charge < -0.3 is 11.5 Å². The van der Waals surface area contributed by atoms with Crippen molar-refractivity contribution >= 4 is 0 Å². The molecule has 0 saturated carbocycles. The zero-order chi connectivity index (χ0) is 14.0. The Morgan fingerprint density at radius 2 is 2.21 bits per heavy atom. The minimum atomic E-state index is -2.35. The Morgan fingerprint density at radius 3 is 2.79 bits per heavy atom. The highest BCUT2D eigenvalue weighted by Gasteiger charge is 2.32. The van der Waals surface area contributed by atoms with Crippen molar-refractivity contribution in [1.82, 2.24) is 14.7 Å². The van der Waals surface area contributed by atoms with E-state index in [0.29, 0.717) is 13.1 Å². The van der Waals surface area contributed by atoms with Crippen molar-refractivity contribution in [3.63, 3.8) is 0 Å². The summed E-state index contributed by atoms with van der Waals surface area (Å²) in [6.45, 7) is 1.91. The lowest BCUT2D eigenvalue weighted by molar-refractivity contribution is 0.121. The summed E-state index contributed by atoms with van der Waals surface area (Å²) in [6, 6.07) is -0.497. The van der Waals surface area contributed by atoms with Gasteiger partial charge in [0, 0.05) is 57.3 Å². The Hall–Kier alpha value is -1.05. The molecule has 108 valence electrons. The highest BCUT2D eigenvalue weighted by molar-refractivity contribution is 5.17. The molecule has 0 bridgehead atoms. The summed E-state index contributed by atoms with van der Waals surface area (Å²) in [6.07, 6.45) is 1.16. The summed E-state index contributed by atoms with van der Waals surface area (Å²) < 4.78 is 26.2. The van der Waals surface area contributed by atoms with E-state index in [0.717, 1.165) is 12.1 Å². The molecule has 1 fully saturated rings. The molecule has 1 aromatic rings. The number of nitrogens with two attached hydrogens (primary N) is 2. The van der Waals surface area contributed by atoms with E-state index in [2.05, 4.69) is 10.00 Å². The average molecular weight is 273 g/mol. The second-order valence-corrected chi connectivity index (χ2v) is 5.32. The molecule has 0 spiro atoms. The summed E-state index contributed by atoms with van der Waals surface area (Å²) in [7, 11) is 1.86. The third-order valence-corrected chi connectivity index (χ3v) is 3.57. The fourth-order valence-corrected chi connectivity index (χ4v) is 2.68. The highest BCUT2D eigenvalue weighted by Crippen LogP contribution is 2.26. The molecule has 1 aromatic heterocycles. The molecule has 2 heterocycles. The van der Waals surface area contributed by atoms with Crippen LogP contribution >= 0.6 is 0 Å². The van der Waals surface area contributed by atoms with Gasteiger partial charge >= 0.3 is 0 Å². The number of alkyl halides is 2. The second kappa shape index (κ2) is 5.94. The Morgan fingerprint density at radius 1 is 1.47 bits per heavy atom. The number of halogens is 2. The average Bonchev–Trinajstić information content (AvgIpc) is 2.83. The van der Waals surface area contributed by atoms with Crippen molar-refractivity contribution in [2.45, 2.75) is 30.8 Å². The Kier molecular flexibility index (Phi) is 4.49. The molecule has 3 atom stereocenters. The predicted octanol–water partition coefficient (Wildman–Crippen LogP) is 0.129. The zero-order valence-electron chi connectivity index (χ0n) is 11.0. The smallest absolute Gasteiger partial charge is 0.240 e. The first kappa shape index (κ1) is 14.4. The summed E-state index contributed by atoms with van der Waals surface area (Å²) in [4.78, 5) is 2.06. The van der Waals surface area contributed by atoms with Crippen molar-refractivity contribution in [3.05, 3.63) is 18.0 Å². The van der Waals surface area contributed by atoms with Gasteiger partial charge in [0.15, 0.2) is 0 Å². The highest BCUT2D eigenvalue weighted by atomic mass is 19.3. The van der Waals surface area contributed by atoms with E-state index in [9.17, 15) is 8.78 Å². The van der Waals surface area contributed by atoms with Crippen LogP contribution in [0.25, 0.3) is 0 Å². The van der Waals surface area contributed by atoms with Gasteiger partial charge in [-0.25, -0.2) is 8.78 Å². The minimum absolute atomic E-state index is 0.00273. The van der Waals surface area contributed by atoms with Crippen molar-refractivity contribution in [3.8, 4) is 0 Å². The molecule has 5 nitrogen and oxygen atoms in total. The van der Waals surface area contributed by atoms with Crippen molar-refractivity contribution in [2.24, 2.45) is 18.5 Å². The zero-order valence-corrected chi connectivity index (χ0v) is 11.0. The van der Waals surface area contributed by atoms with Crippen LogP contribution in [0.4, 0.5) is 8.78 Å². The van der Waals surface area contributed by atoms with Crippen LogP contribution in [0.15, 0.2) is 12.4 Å². The van der Waals surface area contributed by atoms with Crippen LogP contribution in [0.3, 0.4) is 0 Å². The number of aryl methyl sites for hydroxylation is 1. The first-order valence-electron chi connectivity index (χ1n) is 6.46. The lowest BCUT2D eigenvalue weighted by atomic mass is 9.98. The summed E-state index contributed by atoms with van der Waals surface area (Å²) >= 11 is 0. The number of nitrogens with zero attached hydrogens (tertiary/aromatic N) is 3. The summed E-state index contributed by atoms with van der Waals surface area (Å²) in [5, 5.41) is 4.14. The number of hydrogen-bond donors (Lipinski definition) is 2. The van der Waals surface area contributed by atoms with Gasteiger partial charge in [0.2, 0.25) is 6.43 Å². The number of likely N-dealkylation sites (tertiary alicyclic amines) is 1. The Labute approximate surface area is 111 Å². The summed E-state index contributed by atoms with van der Waals surface area (Å²) in [5.74, 6) is 0.201.